The van der Waals surface area contributed by atoms with Crippen LogP contribution in [0.5, 0.6) is 0 Å². The lowest BCUT2D eigenvalue weighted by Gasteiger charge is -2.22. The van der Waals surface area contributed by atoms with E-state index < -0.39 is 17.4 Å². The van der Waals surface area contributed by atoms with E-state index in [4.69, 9.17) is 27.3 Å². The molecule has 1 radical (unpaired) electrons. The lowest BCUT2D eigenvalue weighted by atomic mass is 10.1. The normalized spacial score (nSPS) is 12.7. The van der Waals surface area contributed by atoms with E-state index in [9.17, 15) is 0 Å². The first-order valence-corrected chi connectivity index (χ1v) is 13.0. The quantitative estimate of drug-likeness (QED) is 0.289. The fraction of sp³-hybridized carbons (Fsp3) is 1.00. The Morgan fingerprint density at radius 3 is 2.06 bits per heavy atom. The smallest absolute Gasteiger partial charge is 0.194 e. The number of rotatable bonds is 10. The zero-order valence-corrected chi connectivity index (χ0v) is 15.2. The lowest BCUT2D eigenvalue weighted by molar-refractivity contribution is 0.559. The highest BCUT2D eigenvalue weighted by molar-refractivity contribution is 6.77. The topological polar surface area (TPSA) is 9.23 Å². The zero-order chi connectivity index (χ0) is 13.3. The Morgan fingerprint density at radius 2 is 1.53 bits per heavy atom. The van der Waals surface area contributed by atoms with Crippen molar-refractivity contribution in [3.8, 4) is 0 Å². The van der Waals surface area contributed by atoms with Gasteiger partial charge in [0.2, 0.25) is 0 Å². The molecule has 1 nitrogen and oxygen atoms in total. The van der Waals surface area contributed by atoms with Crippen LogP contribution < -0.4 is 0 Å². The lowest BCUT2D eigenvalue weighted by Crippen LogP contribution is -2.32. The van der Waals surface area contributed by atoms with E-state index in [1.165, 1.54) is 31.7 Å². The van der Waals surface area contributed by atoms with Crippen LogP contribution in [0.15, 0.2) is 0 Å². The van der Waals surface area contributed by atoms with Gasteiger partial charge in [0.1, 0.15) is 4.84 Å². The molecule has 0 N–H and O–H groups in total. The van der Waals surface area contributed by atoms with Gasteiger partial charge in [0.05, 0.1) is 0 Å². The fourth-order valence-electron chi connectivity index (χ4n) is 1.78. The molecular formula is C12H27Cl2OSi2. The Kier molecular flexibility index (Phi) is 10.4. The largest absolute Gasteiger partial charge is 0.456 e. The maximum atomic E-state index is 6.10. The Morgan fingerprint density at radius 1 is 1.00 bits per heavy atom. The minimum Gasteiger partial charge on any atom is -0.456 e. The van der Waals surface area contributed by atoms with Crippen molar-refractivity contribution in [1.82, 2.24) is 0 Å². The van der Waals surface area contributed by atoms with Crippen LogP contribution in [0.1, 0.15) is 38.5 Å². The molecule has 5 heteroatoms. The van der Waals surface area contributed by atoms with E-state index in [-0.39, 0.29) is 4.84 Å². The highest BCUT2D eigenvalue weighted by Gasteiger charge is 2.18. The van der Waals surface area contributed by atoms with Crippen LogP contribution in [0.2, 0.25) is 32.2 Å². The molecule has 0 aromatic heterocycles. The Hall–Kier alpha value is 0.974. The predicted octanol–water partition coefficient (Wildman–Crippen LogP) is 5.60. The van der Waals surface area contributed by atoms with Gasteiger partial charge in [-0.25, -0.2) is 0 Å². The van der Waals surface area contributed by atoms with Gasteiger partial charge in [-0.15, -0.1) is 23.2 Å². The third kappa shape index (κ3) is 14.9. The molecule has 0 saturated carbocycles. The SMILES string of the molecule is C[Si](CCCCCCCC(Cl)Cl)O[Si](C)(C)C. The average Bonchev–Trinajstić information content (AvgIpc) is 2.12. The molecule has 0 amide bonds. The van der Waals surface area contributed by atoms with Gasteiger partial charge >= 0.3 is 0 Å². The standard InChI is InChI=1S/C12H27Cl2OSi2/c1-16(15-17(2,3)4)11-9-7-5-6-8-10-12(13)14/h12H,5-11H2,1-4H3. The number of hydrogen-bond acceptors (Lipinski definition) is 1. The molecule has 17 heavy (non-hydrogen) atoms. The molecule has 0 fully saturated rings. The highest BCUT2D eigenvalue weighted by atomic mass is 35.5. The Bertz CT molecular complexity index is 184. The van der Waals surface area contributed by atoms with Crippen molar-refractivity contribution in [2.75, 3.05) is 0 Å². The van der Waals surface area contributed by atoms with E-state index in [2.05, 4.69) is 26.2 Å². The molecule has 0 aromatic rings. The average molecular weight is 314 g/mol. The van der Waals surface area contributed by atoms with Gasteiger partial charge in [0.25, 0.3) is 0 Å². The molecule has 0 aliphatic rings. The molecule has 0 atom stereocenters. The summed E-state index contributed by atoms with van der Waals surface area (Å²) < 4.78 is 6.10. The predicted molar refractivity (Wildman–Crippen MR) is 84.1 cm³/mol. The van der Waals surface area contributed by atoms with Crippen molar-refractivity contribution in [2.45, 2.75) is 75.6 Å². The van der Waals surface area contributed by atoms with E-state index >= 15 is 0 Å². The number of halogens is 2. The maximum absolute atomic E-state index is 6.10. The van der Waals surface area contributed by atoms with Crippen molar-refractivity contribution < 1.29 is 4.12 Å². The van der Waals surface area contributed by atoms with Gasteiger partial charge in [-0.2, -0.15) is 0 Å². The molecule has 0 aliphatic heterocycles. The number of alkyl halides is 2. The van der Waals surface area contributed by atoms with Crippen molar-refractivity contribution in [3.63, 3.8) is 0 Å². The third-order valence-corrected chi connectivity index (χ3v) is 7.77. The molecule has 0 saturated heterocycles. The summed E-state index contributed by atoms with van der Waals surface area (Å²) in [5.74, 6) is 0. The van der Waals surface area contributed by atoms with Gasteiger partial charge in [0.15, 0.2) is 17.4 Å². The van der Waals surface area contributed by atoms with Crippen molar-refractivity contribution in [3.05, 3.63) is 0 Å². The summed E-state index contributed by atoms with van der Waals surface area (Å²) >= 11 is 11.4. The Balaban J connectivity index is 3.28. The first-order valence-electron chi connectivity index (χ1n) is 6.61. The van der Waals surface area contributed by atoms with Crippen molar-refractivity contribution >= 4 is 40.6 Å². The molecule has 0 spiro atoms. The number of unbranched alkanes of at least 4 members (excludes halogenated alkanes) is 4. The molecule has 0 unspecified atom stereocenters. The molecule has 0 aliphatic carbocycles. The van der Waals surface area contributed by atoms with Crippen LogP contribution in [-0.4, -0.2) is 22.2 Å². The second kappa shape index (κ2) is 9.85. The zero-order valence-electron chi connectivity index (χ0n) is 11.7. The van der Waals surface area contributed by atoms with E-state index in [1.807, 2.05) is 0 Å². The van der Waals surface area contributed by atoms with Gasteiger partial charge < -0.3 is 4.12 Å². The first kappa shape index (κ1) is 18.0. The van der Waals surface area contributed by atoms with Gasteiger partial charge in [-0.1, -0.05) is 32.1 Å². The van der Waals surface area contributed by atoms with Crippen LogP contribution in [-0.2, 0) is 4.12 Å². The van der Waals surface area contributed by atoms with Crippen LogP contribution >= 0.6 is 23.2 Å². The van der Waals surface area contributed by atoms with Gasteiger partial charge in [-0.05, 0) is 38.7 Å². The van der Waals surface area contributed by atoms with Gasteiger partial charge in [0, 0.05) is 0 Å². The molecule has 0 rings (SSSR count). The molecule has 0 heterocycles. The summed E-state index contributed by atoms with van der Waals surface area (Å²) in [6.07, 6.45) is 7.31. The molecule has 0 aromatic carbocycles. The minimum atomic E-state index is -1.30. The summed E-state index contributed by atoms with van der Waals surface area (Å²) in [5.41, 5.74) is 0. The summed E-state index contributed by atoms with van der Waals surface area (Å²) in [7, 11) is -1.83. The van der Waals surface area contributed by atoms with E-state index in [1.54, 1.807) is 0 Å². The summed E-state index contributed by atoms with van der Waals surface area (Å²) in [6, 6.07) is 1.29. The monoisotopic (exact) mass is 313 g/mol. The molecule has 0 bridgehead atoms. The highest BCUT2D eigenvalue weighted by Crippen LogP contribution is 2.15. The summed E-state index contributed by atoms with van der Waals surface area (Å²) in [6.45, 7) is 9.12. The first-order chi connectivity index (χ1) is 7.81. The Labute approximate surface area is 120 Å². The van der Waals surface area contributed by atoms with E-state index in [0.717, 1.165) is 12.8 Å². The van der Waals surface area contributed by atoms with Gasteiger partial charge in [-0.3, -0.25) is 0 Å². The van der Waals surface area contributed by atoms with Crippen LogP contribution in [0.25, 0.3) is 0 Å². The van der Waals surface area contributed by atoms with Crippen molar-refractivity contribution in [2.24, 2.45) is 0 Å². The molecule has 103 valence electrons. The van der Waals surface area contributed by atoms with Crippen LogP contribution in [0.4, 0.5) is 0 Å². The summed E-state index contributed by atoms with van der Waals surface area (Å²) in [4.78, 5) is -0.175. The second-order valence-electron chi connectivity index (χ2n) is 5.61. The fourth-order valence-corrected chi connectivity index (χ4v) is 7.42. The third-order valence-electron chi connectivity index (χ3n) is 2.43. The summed E-state index contributed by atoms with van der Waals surface area (Å²) in [5, 5.41) is 0. The van der Waals surface area contributed by atoms with E-state index in [0.29, 0.717) is 0 Å². The van der Waals surface area contributed by atoms with Crippen LogP contribution in [0.3, 0.4) is 0 Å². The number of hydrogen-bond donors (Lipinski definition) is 0. The second-order valence-corrected chi connectivity index (χ2v) is 13.8. The van der Waals surface area contributed by atoms with Crippen molar-refractivity contribution in [1.29, 1.82) is 0 Å². The van der Waals surface area contributed by atoms with Crippen LogP contribution in [0, 0.1) is 0 Å². The maximum Gasteiger partial charge on any atom is 0.194 e. The minimum absolute atomic E-state index is 0.175. The molecular weight excluding hydrogens is 287 g/mol.